The van der Waals surface area contributed by atoms with Crippen LogP contribution in [-0.2, 0) is 10.2 Å². The zero-order valence-electron chi connectivity index (χ0n) is 16.4. The van der Waals surface area contributed by atoms with E-state index < -0.39 is 0 Å². The first-order valence-corrected chi connectivity index (χ1v) is 9.52. The molecular weight excluding hydrogens is 328 g/mol. The van der Waals surface area contributed by atoms with E-state index in [4.69, 9.17) is 0 Å². The van der Waals surface area contributed by atoms with Crippen LogP contribution in [0.15, 0.2) is 18.3 Å². The molecule has 6 heteroatoms. The summed E-state index contributed by atoms with van der Waals surface area (Å²) in [6, 6.07) is 3.81. The third kappa shape index (κ3) is 3.90. The molecule has 1 aromatic rings. The fraction of sp³-hybridized carbons (Fsp3) is 0.650. The average molecular weight is 358 g/mol. The van der Waals surface area contributed by atoms with Gasteiger partial charge in [0.1, 0.15) is 5.69 Å². The molecule has 2 aliphatic heterocycles. The van der Waals surface area contributed by atoms with E-state index in [1.165, 1.54) is 0 Å². The van der Waals surface area contributed by atoms with Crippen LogP contribution in [0.3, 0.4) is 0 Å². The number of carbonyl (C=O) groups excluding carboxylic acids is 2. The Morgan fingerprint density at radius 3 is 2.19 bits per heavy atom. The second kappa shape index (κ2) is 7.35. The number of pyridine rings is 1. The van der Waals surface area contributed by atoms with Gasteiger partial charge in [-0.1, -0.05) is 26.8 Å². The molecule has 0 aromatic carbocycles. The average Bonchev–Trinajstić information content (AvgIpc) is 3.06. The van der Waals surface area contributed by atoms with E-state index in [0.29, 0.717) is 31.9 Å². The maximum absolute atomic E-state index is 12.7. The number of carbonyl (C=O) groups is 2. The van der Waals surface area contributed by atoms with Crippen molar-refractivity contribution >= 4 is 11.8 Å². The predicted molar refractivity (Wildman–Crippen MR) is 101 cm³/mol. The summed E-state index contributed by atoms with van der Waals surface area (Å²) in [5.74, 6) is 0.167. The smallest absolute Gasteiger partial charge is 0.272 e. The summed E-state index contributed by atoms with van der Waals surface area (Å²) in [6.07, 6.45) is 3.82. The summed E-state index contributed by atoms with van der Waals surface area (Å²) in [5.41, 5.74) is 1.62. The molecule has 0 spiro atoms. The van der Waals surface area contributed by atoms with Gasteiger partial charge in [0.15, 0.2) is 0 Å². The maximum atomic E-state index is 12.7. The Bertz CT molecular complexity index is 657. The molecule has 0 radical (unpaired) electrons. The van der Waals surface area contributed by atoms with E-state index in [-0.39, 0.29) is 23.3 Å². The van der Waals surface area contributed by atoms with Crippen LogP contribution >= 0.6 is 0 Å². The van der Waals surface area contributed by atoms with E-state index in [2.05, 4.69) is 30.7 Å². The molecule has 2 fully saturated rings. The highest BCUT2D eigenvalue weighted by Gasteiger charge is 2.33. The highest BCUT2D eigenvalue weighted by Crippen LogP contribution is 2.22. The van der Waals surface area contributed by atoms with E-state index in [9.17, 15) is 9.59 Å². The van der Waals surface area contributed by atoms with Crippen molar-refractivity contribution in [2.75, 3.05) is 39.8 Å². The quantitative estimate of drug-likeness (QED) is 0.808. The molecule has 2 amide bonds. The number of likely N-dealkylation sites (N-methyl/N-ethyl adjacent to an activating group) is 1. The van der Waals surface area contributed by atoms with Gasteiger partial charge in [0, 0.05) is 32.4 Å². The number of nitrogens with zero attached hydrogens (tertiary/aromatic N) is 4. The lowest BCUT2D eigenvalue weighted by atomic mass is 9.88. The van der Waals surface area contributed by atoms with Gasteiger partial charge in [-0.15, -0.1) is 0 Å². The largest absolute Gasteiger partial charge is 0.338 e. The Morgan fingerprint density at radius 1 is 1.04 bits per heavy atom. The number of piperazine rings is 1. The van der Waals surface area contributed by atoms with Crippen molar-refractivity contribution in [1.82, 2.24) is 19.7 Å². The standard InChI is InChI=1S/C20H30N4O2/c1-20(2,3)15-7-8-16(21-14-15)18(25)23-10-12-24(13-11-23)19(26)17-6-5-9-22(17)4/h7-8,14,17H,5-6,9-13H2,1-4H3. The summed E-state index contributed by atoms with van der Waals surface area (Å²) in [6.45, 7) is 9.74. The number of hydrogen-bond donors (Lipinski definition) is 0. The fourth-order valence-electron chi connectivity index (χ4n) is 3.69. The molecule has 1 aromatic heterocycles. The van der Waals surface area contributed by atoms with Crippen molar-refractivity contribution in [2.24, 2.45) is 0 Å². The normalized spacial score (nSPS) is 21.9. The third-order valence-electron chi connectivity index (χ3n) is 5.53. The summed E-state index contributed by atoms with van der Waals surface area (Å²) in [4.78, 5) is 35.6. The SMILES string of the molecule is CN1CCCC1C(=O)N1CCN(C(=O)c2ccc(C(C)(C)C)cn2)CC1. The Hall–Kier alpha value is -1.95. The lowest BCUT2D eigenvalue weighted by Crippen LogP contribution is -2.54. The van der Waals surface area contributed by atoms with Gasteiger partial charge in [0.25, 0.3) is 5.91 Å². The number of rotatable bonds is 2. The van der Waals surface area contributed by atoms with Gasteiger partial charge in [-0.05, 0) is 43.5 Å². The van der Waals surface area contributed by atoms with Crippen LogP contribution in [0.1, 0.15) is 49.7 Å². The molecule has 3 rings (SSSR count). The minimum Gasteiger partial charge on any atom is -0.338 e. The molecule has 2 saturated heterocycles. The number of hydrogen-bond acceptors (Lipinski definition) is 4. The van der Waals surface area contributed by atoms with Crippen molar-refractivity contribution in [3.63, 3.8) is 0 Å². The summed E-state index contributed by atoms with van der Waals surface area (Å²) >= 11 is 0. The predicted octanol–water partition coefficient (Wildman–Crippen LogP) is 1.76. The van der Waals surface area contributed by atoms with Gasteiger partial charge >= 0.3 is 0 Å². The molecule has 6 nitrogen and oxygen atoms in total. The van der Waals surface area contributed by atoms with Crippen molar-refractivity contribution in [1.29, 1.82) is 0 Å². The van der Waals surface area contributed by atoms with Crippen LogP contribution in [0.2, 0.25) is 0 Å². The molecule has 1 atom stereocenters. The van der Waals surface area contributed by atoms with Crippen LogP contribution in [-0.4, -0.2) is 77.3 Å². The number of aromatic nitrogens is 1. The highest BCUT2D eigenvalue weighted by molar-refractivity contribution is 5.92. The van der Waals surface area contributed by atoms with Crippen molar-refractivity contribution in [2.45, 2.75) is 45.1 Å². The monoisotopic (exact) mass is 358 g/mol. The topological polar surface area (TPSA) is 56.8 Å². The second-order valence-electron chi connectivity index (χ2n) is 8.44. The summed E-state index contributed by atoms with van der Waals surface area (Å²) < 4.78 is 0. The third-order valence-corrected chi connectivity index (χ3v) is 5.53. The van der Waals surface area contributed by atoms with Crippen LogP contribution in [0.25, 0.3) is 0 Å². The lowest BCUT2D eigenvalue weighted by molar-refractivity contribution is -0.137. The van der Waals surface area contributed by atoms with E-state index in [1.807, 2.05) is 24.1 Å². The van der Waals surface area contributed by atoms with Gasteiger partial charge in [0.05, 0.1) is 6.04 Å². The van der Waals surface area contributed by atoms with E-state index >= 15 is 0 Å². The molecule has 1 unspecified atom stereocenters. The second-order valence-corrected chi connectivity index (χ2v) is 8.44. The Balaban J connectivity index is 1.57. The van der Waals surface area contributed by atoms with Crippen molar-refractivity contribution in [3.05, 3.63) is 29.6 Å². The maximum Gasteiger partial charge on any atom is 0.272 e. The van der Waals surface area contributed by atoms with E-state index in [1.54, 1.807) is 11.1 Å². The fourth-order valence-corrected chi connectivity index (χ4v) is 3.69. The van der Waals surface area contributed by atoms with Gasteiger partial charge in [-0.2, -0.15) is 0 Å². The van der Waals surface area contributed by atoms with Crippen molar-refractivity contribution < 1.29 is 9.59 Å². The number of amides is 2. The minimum absolute atomic E-state index is 0.0175. The van der Waals surface area contributed by atoms with Gasteiger partial charge in [0.2, 0.25) is 5.91 Å². The first-order valence-electron chi connectivity index (χ1n) is 9.52. The first kappa shape index (κ1) is 18.8. The van der Waals surface area contributed by atoms with Crippen molar-refractivity contribution in [3.8, 4) is 0 Å². The Labute approximate surface area is 156 Å². The molecule has 0 N–H and O–H groups in total. The Morgan fingerprint density at radius 2 is 1.69 bits per heavy atom. The lowest BCUT2D eigenvalue weighted by Gasteiger charge is -2.36. The van der Waals surface area contributed by atoms with Gasteiger partial charge in [-0.3, -0.25) is 19.5 Å². The van der Waals surface area contributed by atoms with Crippen LogP contribution in [0.5, 0.6) is 0 Å². The van der Waals surface area contributed by atoms with Crippen LogP contribution in [0, 0.1) is 0 Å². The molecule has 0 saturated carbocycles. The molecule has 142 valence electrons. The zero-order valence-corrected chi connectivity index (χ0v) is 16.4. The van der Waals surface area contributed by atoms with E-state index in [0.717, 1.165) is 24.9 Å². The number of likely N-dealkylation sites (tertiary alicyclic amines) is 1. The van der Waals surface area contributed by atoms with Gasteiger partial charge in [-0.25, -0.2) is 0 Å². The molecule has 2 aliphatic rings. The summed E-state index contributed by atoms with van der Waals surface area (Å²) in [5, 5.41) is 0. The van der Waals surface area contributed by atoms with Crippen LogP contribution < -0.4 is 0 Å². The molecule has 26 heavy (non-hydrogen) atoms. The molecule has 3 heterocycles. The molecular formula is C20H30N4O2. The Kier molecular flexibility index (Phi) is 5.32. The highest BCUT2D eigenvalue weighted by atomic mass is 16.2. The summed E-state index contributed by atoms with van der Waals surface area (Å²) in [7, 11) is 2.02. The first-order chi connectivity index (χ1) is 12.3. The van der Waals surface area contributed by atoms with Gasteiger partial charge < -0.3 is 9.80 Å². The minimum atomic E-state index is -0.0458. The van der Waals surface area contributed by atoms with Crippen LogP contribution in [0.4, 0.5) is 0 Å². The molecule has 0 aliphatic carbocycles. The molecule has 0 bridgehead atoms. The zero-order chi connectivity index (χ0) is 18.9.